The van der Waals surface area contributed by atoms with Crippen LogP contribution in [-0.4, -0.2) is 33.4 Å². The van der Waals surface area contributed by atoms with E-state index >= 15 is 0 Å². The van der Waals surface area contributed by atoms with Crippen molar-refractivity contribution < 1.29 is 13.9 Å². The fourth-order valence-electron chi connectivity index (χ4n) is 3.29. The first-order valence-corrected chi connectivity index (χ1v) is 11.0. The number of ether oxygens (including phenoxy) is 1. The van der Waals surface area contributed by atoms with E-state index in [0.717, 1.165) is 17.9 Å². The number of benzene rings is 1. The number of hydrogen-bond donors (Lipinski definition) is 1. The number of pyridine rings is 1. The molecule has 3 rings (SSSR count). The molecule has 0 aliphatic rings. The van der Waals surface area contributed by atoms with E-state index in [1.807, 2.05) is 31.2 Å². The van der Waals surface area contributed by atoms with Crippen LogP contribution in [0.1, 0.15) is 55.2 Å². The number of aromatic nitrogens is 2. The van der Waals surface area contributed by atoms with Crippen molar-refractivity contribution in [3.8, 4) is 5.75 Å². The van der Waals surface area contributed by atoms with E-state index in [4.69, 9.17) is 9.15 Å². The van der Waals surface area contributed by atoms with Gasteiger partial charge in [-0.2, -0.15) is 0 Å². The lowest BCUT2D eigenvalue weighted by atomic mass is 10.0. The first-order chi connectivity index (χ1) is 15.5. The number of hydrogen-bond acceptors (Lipinski definition) is 6. The maximum absolute atomic E-state index is 12.5. The Hall–Kier alpha value is -3.19. The molecule has 1 amide bonds. The van der Waals surface area contributed by atoms with Gasteiger partial charge >= 0.3 is 0 Å². The molecule has 1 aromatic carbocycles. The summed E-state index contributed by atoms with van der Waals surface area (Å²) in [4.78, 5) is 23.2. The van der Waals surface area contributed by atoms with Crippen LogP contribution in [0.4, 0.5) is 0 Å². The van der Waals surface area contributed by atoms with Crippen LogP contribution in [0.2, 0.25) is 0 Å². The fourth-order valence-corrected chi connectivity index (χ4v) is 3.29. The van der Waals surface area contributed by atoms with Crippen molar-refractivity contribution in [1.82, 2.24) is 20.2 Å². The smallest absolute Gasteiger partial charge is 0.273 e. The Bertz CT molecular complexity index is 970. The summed E-state index contributed by atoms with van der Waals surface area (Å²) in [5.74, 6) is 1.59. The van der Waals surface area contributed by atoms with Crippen molar-refractivity contribution in [1.29, 1.82) is 0 Å². The Balaban J connectivity index is 1.64. The largest absolute Gasteiger partial charge is 0.494 e. The van der Waals surface area contributed by atoms with E-state index in [-0.39, 0.29) is 11.6 Å². The van der Waals surface area contributed by atoms with Crippen LogP contribution in [0.25, 0.3) is 0 Å². The molecule has 0 saturated carbocycles. The first-order valence-electron chi connectivity index (χ1n) is 11.0. The van der Waals surface area contributed by atoms with E-state index in [0.29, 0.717) is 37.5 Å². The van der Waals surface area contributed by atoms with Crippen LogP contribution < -0.4 is 10.1 Å². The Labute approximate surface area is 189 Å². The minimum absolute atomic E-state index is 0.258. The van der Waals surface area contributed by atoms with Gasteiger partial charge in [0.25, 0.3) is 5.91 Å². The van der Waals surface area contributed by atoms with Crippen LogP contribution in [0.5, 0.6) is 5.75 Å². The van der Waals surface area contributed by atoms with E-state index in [9.17, 15) is 4.79 Å². The Morgan fingerprint density at radius 3 is 2.44 bits per heavy atom. The molecule has 1 atom stereocenters. The van der Waals surface area contributed by atoms with Crippen molar-refractivity contribution in [3.05, 3.63) is 77.8 Å². The molecule has 7 nitrogen and oxygen atoms in total. The fraction of sp³-hybridized carbons (Fsp3) is 0.400. The molecule has 0 aliphatic heterocycles. The Morgan fingerprint density at radius 2 is 1.78 bits per heavy atom. The van der Waals surface area contributed by atoms with Crippen LogP contribution in [0.3, 0.4) is 0 Å². The maximum atomic E-state index is 12.5. The summed E-state index contributed by atoms with van der Waals surface area (Å²) < 4.78 is 11.2. The van der Waals surface area contributed by atoms with E-state index < -0.39 is 0 Å². The van der Waals surface area contributed by atoms with Crippen LogP contribution in [0, 0.1) is 5.92 Å². The zero-order valence-electron chi connectivity index (χ0n) is 19.2. The van der Waals surface area contributed by atoms with Crippen LogP contribution >= 0.6 is 0 Å². The molecule has 0 aliphatic carbocycles. The molecule has 0 fully saturated rings. The highest BCUT2D eigenvalue weighted by Crippen LogP contribution is 2.20. The van der Waals surface area contributed by atoms with E-state index in [1.54, 1.807) is 12.4 Å². The third-order valence-corrected chi connectivity index (χ3v) is 5.49. The third kappa shape index (κ3) is 6.65. The highest BCUT2D eigenvalue weighted by atomic mass is 16.5. The second-order valence-corrected chi connectivity index (χ2v) is 8.13. The molecule has 32 heavy (non-hydrogen) atoms. The zero-order chi connectivity index (χ0) is 22.9. The Morgan fingerprint density at radius 1 is 1.06 bits per heavy atom. The third-order valence-electron chi connectivity index (χ3n) is 5.49. The second kappa shape index (κ2) is 11.4. The lowest BCUT2D eigenvalue weighted by Crippen LogP contribution is -2.36. The molecule has 7 heteroatoms. The summed E-state index contributed by atoms with van der Waals surface area (Å²) in [5, 5.41) is 2.86. The van der Waals surface area contributed by atoms with E-state index in [2.05, 4.69) is 53.1 Å². The number of carbonyl (C=O) groups is 1. The molecule has 170 valence electrons. The van der Waals surface area contributed by atoms with Crippen molar-refractivity contribution >= 4 is 5.91 Å². The highest BCUT2D eigenvalue weighted by molar-refractivity contribution is 5.91. The first kappa shape index (κ1) is 23.5. The van der Waals surface area contributed by atoms with Crippen molar-refractivity contribution in [2.24, 2.45) is 5.92 Å². The zero-order valence-corrected chi connectivity index (χ0v) is 19.2. The standard InChI is InChI=1S/C25H32N4O3/c1-5-31-22-8-6-21(7-9-22)15-29(19(4)18(2)3)16-24-28-23(17-32-24)25(30)27-14-20-10-12-26-13-11-20/h6-13,17-19H,5,14-16H2,1-4H3,(H,27,30). The van der Waals surface area contributed by atoms with Crippen molar-refractivity contribution in [2.45, 2.75) is 53.4 Å². The summed E-state index contributed by atoms with van der Waals surface area (Å²) in [6.07, 6.45) is 4.82. The lowest BCUT2D eigenvalue weighted by Gasteiger charge is -2.30. The van der Waals surface area contributed by atoms with Crippen LogP contribution in [0.15, 0.2) is 59.5 Å². The van der Waals surface area contributed by atoms with Gasteiger partial charge in [0.15, 0.2) is 5.69 Å². The number of nitrogens with zero attached hydrogens (tertiary/aromatic N) is 3. The number of carbonyl (C=O) groups excluding carboxylic acids is 1. The molecule has 3 aromatic rings. The molecule has 0 saturated heterocycles. The van der Waals surface area contributed by atoms with Gasteiger partial charge in [-0.1, -0.05) is 26.0 Å². The van der Waals surface area contributed by atoms with Gasteiger partial charge in [-0.3, -0.25) is 14.7 Å². The van der Waals surface area contributed by atoms with Gasteiger partial charge in [0, 0.05) is 31.5 Å². The van der Waals surface area contributed by atoms with E-state index in [1.165, 1.54) is 11.8 Å². The molecular weight excluding hydrogens is 404 g/mol. The summed E-state index contributed by atoms with van der Waals surface area (Å²) in [6.45, 7) is 10.9. The van der Waals surface area contributed by atoms with Gasteiger partial charge in [0.1, 0.15) is 12.0 Å². The molecule has 0 spiro atoms. The summed E-state index contributed by atoms with van der Waals surface area (Å²) in [7, 11) is 0. The van der Waals surface area contributed by atoms with Crippen LogP contribution in [-0.2, 0) is 19.6 Å². The minimum Gasteiger partial charge on any atom is -0.494 e. The molecular formula is C25H32N4O3. The average molecular weight is 437 g/mol. The van der Waals surface area contributed by atoms with Gasteiger partial charge < -0.3 is 14.5 Å². The minimum atomic E-state index is -0.258. The predicted octanol–water partition coefficient (Wildman–Crippen LogP) is 4.45. The molecule has 2 heterocycles. The number of rotatable bonds is 11. The number of oxazole rings is 1. The predicted molar refractivity (Wildman–Crippen MR) is 123 cm³/mol. The van der Waals surface area contributed by atoms with Gasteiger partial charge in [0.05, 0.1) is 13.2 Å². The average Bonchev–Trinajstić information content (AvgIpc) is 3.27. The molecule has 2 aromatic heterocycles. The maximum Gasteiger partial charge on any atom is 0.273 e. The van der Waals surface area contributed by atoms with Gasteiger partial charge in [-0.25, -0.2) is 4.98 Å². The number of nitrogens with one attached hydrogen (secondary N) is 1. The Kier molecular flexibility index (Phi) is 8.39. The molecule has 0 radical (unpaired) electrons. The highest BCUT2D eigenvalue weighted by Gasteiger charge is 2.21. The normalized spacial score (nSPS) is 12.2. The van der Waals surface area contributed by atoms with Gasteiger partial charge in [0.2, 0.25) is 5.89 Å². The molecule has 1 N–H and O–H groups in total. The topological polar surface area (TPSA) is 80.5 Å². The summed E-state index contributed by atoms with van der Waals surface area (Å²) in [6, 6.07) is 12.2. The van der Waals surface area contributed by atoms with Crippen molar-refractivity contribution in [2.75, 3.05) is 6.61 Å². The molecule has 1 unspecified atom stereocenters. The number of amides is 1. The summed E-state index contributed by atoms with van der Waals surface area (Å²) in [5.41, 5.74) is 2.44. The van der Waals surface area contributed by atoms with Gasteiger partial charge in [-0.15, -0.1) is 0 Å². The van der Waals surface area contributed by atoms with Crippen molar-refractivity contribution in [3.63, 3.8) is 0 Å². The van der Waals surface area contributed by atoms with Gasteiger partial charge in [-0.05, 0) is 55.2 Å². The molecule has 0 bridgehead atoms. The SMILES string of the molecule is CCOc1ccc(CN(Cc2nc(C(=O)NCc3ccncc3)co2)C(C)C(C)C)cc1. The quantitative estimate of drug-likeness (QED) is 0.478. The monoisotopic (exact) mass is 436 g/mol. The second-order valence-electron chi connectivity index (χ2n) is 8.13. The lowest BCUT2D eigenvalue weighted by molar-refractivity contribution is 0.0945. The summed E-state index contributed by atoms with van der Waals surface area (Å²) >= 11 is 0.